The number of aromatic nitrogens is 4. The van der Waals surface area contributed by atoms with Crippen LogP contribution in [0.15, 0.2) is 191 Å². The minimum Gasteiger partial charge on any atom is -0.456 e. The second kappa shape index (κ2) is 12.3. The highest BCUT2D eigenvalue weighted by molar-refractivity contribution is 6.12. The molecule has 0 fully saturated rings. The molecule has 0 radical (unpaired) electrons. The van der Waals surface area contributed by atoms with Crippen molar-refractivity contribution in [3.05, 3.63) is 182 Å². The van der Waals surface area contributed by atoms with Gasteiger partial charge in [-0.1, -0.05) is 127 Å². The van der Waals surface area contributed by atoms with E-state index in [1.165, 1.54) is 21.9 Å². The lowest BCUT2D eigenvalue weighted by Crippen LogP contribution is -2.00. The van der Waals surface area contributed by atoms with E-state index >= 15 is 0 Å². The van der Waals surface area contributed by atoms with Gasteiger partial charge in [0.1, 0.15) is 22.3 Å². The van der Waals surface area contributed by atoms with Crippen LogP contribution in [0.5, 0.6) is 0 Å². The van der Waals surface area contributed by atoms with Crippen molar-refractivity contribution < 1.29 is 8.83 Å². The van der Waals surface area contributed by atoms with Crippen molar-refractivity contribution in [3.63, 3.8) is 0 Å². The highest BCUT2D eigenvalue weighted by atomic mass is 16.3. The standard InChI is InChI=1S/C51H30N4O2/c1-3-12-31(13-4-1)33-22-25-37-36-16-7-9-20-43(36)55(44(37)28-33)35-24-27-46-42(30-35)39-26-23-34(29-47(39)56-46)50-52-49(32-14-5-2-6-15-32)53-51(54-50)41-19-11-18-40-38-17-8-10-21-45(38)57-48(40)41/h1-30H. The Hall–Kier alpha value is -7.83. The molecule has 0 aliphatic carbocycles. The summed E-state index contributed by atoms with van der Waals surface area (Å²) < 4.78 is 15.3. The third kappa shape index (κ3) is 5.01. The maximum absolute atomic E-state index is 6.56. The molecule has 0 aliphatic heterocycles. The number of hydrogen-bond acceptors (Lipinski definition) is 5. The number of hydrogen-bond donors (Lipinski definition) is 0. The third-order valence-electron chi connectivity index (χ3n) is 11.1. The number of para-hydroxylation sites is 3. The minimum atomic E-state index is 0.541. The summed E-state index contributed by atoms with van der Waals surface area (Å²) in [5.41, 5.74) is 11.4. The van der Waals surface area contributed by atoms with Crippen molar-refractivity contribution in [1.29, 1.82) is 0 Å². The quantitative estimate of drug-likeness (QED) is 0.176. The fraction of sp³-hybridized carbons (Fsp3) is 0. The van der Waals surface area contributed by atoms with Gasteiger partial charge in [-0.05, 0) is 65.7 Å². The molecule has 12 rings (SSSR count). The van der Waals surface area contributed by atoms with E-state index in [4.69, 9.17) is 23.8 Å². The van der Waals surface area contributed by atoms with Gasteiger partial charge in [0, 0.05) is 49.1 Å². The van der Waals surface area contributed by atoms with Crippen molar-refractivity contribution >= 4 is 65.7 Å². The number of fused-ring (bicyclic) bond motifs is 9. The topological polar surface area (TPSA) is 69.9 Å². The van der Waals surface area contributed by atoms with Gasteiger partial charge in [-0.15, -0.1) is 0 Å². The lowest BCUT2D eigenvalue weighted by atomic mass is 10.0. The lowest BCUT2D eigenvalue weighted by molar-refractivity contribution is 0.668. The smallest absolute Gasteiger partial charge is 0.167 e. The molecule has 266 valence electrons. The number of furan rings is 2. The van der Waals surface area contributed by atoms with E-state index in [0.29, 0.717) is 17.5 Å². The third-order valence-corrected chi connectivity index (χ3v) is 11.1. The van der Waals surface area contributed by atoms with E-state index in [1.54, 1.807) is 0 Å². The Morgan fingerprint density at radius 3 is 1.82 bits per heavy atom. The number of benzene rings is 8. The second-order valence-corrected chi connectivity index (χ2v) is 14.4. The molecule has 0 aliphatic rings. The Bertz CT molecular complexity index is 3530. The van der Waals surface area contributed by atoms with Crippen LogP contribution in [0.25, 0.3) is 117 Å². The van der Waals surface area contributed by atoms with Crippen LogP contribution in [-0.2, 0) is 0 Å². The zero-order valence-corrected chi connectivity index (χ0v) is 30.4. The van der Waals surface area contributed by atoms with Gasteiger partial charge in [-0.3, -0.25) is 0 Å². The predicted molar refractivity (Wildman–Crippen MR) is 230 cm³/mol. The minimum absolute atomic E-state index is 0.541. The summed E-state index contributed by atoms with van der Waals surface area (Å²) in [7, 11) is 0. The molecule has 4 aromatic heterocycles. The Morgan fingerprint density at radius 1 is 0.333 bits per heavy atom. The largest absolute Gasteiger partial charge is 0.456 e. The Kier molecular flexibility index (Phi) is 6.83. The summed E-state index contributed by atoms with van der Waals surface area (Å²) in [6.45, 7) is 0. The van der Waals surface area contributed by atoms with Crippen LogP contribution in [0.1, 0.15) is 0 Å². The Balaban J connectivity index is 1.01. The molecule has 0 N–H and O–H groups in total. The zero-order chi connectivity index (χ0) is 37.5. The Labute approximate surface area is 325 Å². The van der Waals surface area contributed by atoms with Crippen LogP contribution in [0.3, 0.4) is 0 Å². The molecule has 4 heterocycles. The lowest BCUT2D eigenvalue weighted by Gasteiger charge is -2.09. The van der Waals surface area contributed by atoms with E-state index in [-0.39, 0.29) is 0 Å². The van der Waals surface area contributed by atoms with E-state index in [2.05, 4.69) is 120 Å². The van der Waals surface area contributed by atoms with Crippen molar-refractivity contribution in [2.75, 3.05) is 0 Å². The molecule has 6 heteroatoms. The highest BCUT2D eigenvalue weighted by Gasteiger charge is 2.20. The molecule has 6 nitrogen and oxygen atoms in total. The van der Waals surface area contributed by atoms with Gasteiger partial charge in [-0.2, -0.15) is 0 Å². The average molecular weight is 731 g/mol. The van der Waals surface area contributed by atoms with Crippen LogP contribution >= 0.6 is 0 Å². The van der Waals surface area contributed by atoms with Gasteiger partial charge in [0.25, 0.3) is 0 Å². The molecule has 0 bridgehead atoms. The molecule has 0 spiro atoms. The van der Waals surface area contributed by atoms with E-state index in [9.17, 15) is 0 Å². The van der Waals surface area contributed by atoms with Gasteiger partial charge in [0.15, 0.2) is 17.5 Å². The van der Waals surface area contributed by atoms with Gasteiger partial charge in [0.05, 0.1) is 16.6 Å². The molecule has 0 saturated heterocycles. The van der Waals surface area contributed by atoms with Crippen LogP contribution in [0.2, 0.25) is 0 Å². The molecule has 0 amide bonds. The molecule has 8 aromatic carbocycles. The highest BCUT2D eigenvalue weighted by Crippen LogP contribution is 2.39. The maximum atomic E-state index is 6.56. The number of nitrogens with zero attached hydrogens (tertiary/aromatic N) is 4. The number of rotatable bonds is 5. The zero-order valence-electron chi connectivity index (χ0n) is 30.4. The fourth-order valence-corrected chi connectivity index (χ4v) is 8.37. The summed E-state index contributed by atoms with van der Waals surface area (Å²) >= 11 is 0. The predicted octanol–water partition coefficient (Wildman–Crippen LogP) is 13.4. The summed E-state index contributed by atoms with van der Waals surface area (Å²) in [5.74, 6) is 1.67. The van der Waals surface area contributed by atoms with Crippen molar-refractivity contribution in [1.82, 2.24) is 19.5 Å². The van der Waals surface area contributed by atoms with E-state index < -0.39 is 0 Å². The first-order valence-corrected chi connectivity index (χ1v) is 19.0. The summed E-state index contributed by atoms with van der Waals surface area (Å²) in [6, 6.07) is 62.9. The first kappa shape index (κ1) is 31.5. The molecule has 0 saturated carbocycles. The molecule has 57 heavy (non-hydrogen) atoms. The SMILES string of the molecule is c1ccc(-c2ccc3c4ccccc4n(-c4ccc5oc6cc(-c7nc(-c8ccccc8)nc(-c8cccc9c8oc8ccccc89)n7)ccc6c5c4)c3c2)cc1. The normalized spacial score (nSPS) is 11.9. The fourth-order valence-electron chi connectivity index (χ4n) is 8.37. The van der Waals surface area contributed by atoms with Gasteiger partial charge < -0.3 is 13.4 Å². The maximum Gasteiger partial charge on any atom is 0.167 e. The van der Waals surface area contributed by atoms with Gasteiger partial charge >= 0.3 is 0 Å². The summed E-state index contributed by atoms with van der Waals surface area (Å²) in [5, 5.41) is 6.57. The molecule has 0 atom stereocenters. The van der Waals surface area contributed by atoms with E-state index in [1.807, 2.05) is 66.7 Å². The van der Waals surface area contributed by atoms with Crippen LogP contribution in [0.4, 0.5) is 0 Å². The first-order chi connectivity index (χ1) is 28.2. The first-order valence-electron chi connectivity index (χ1n) is 19.0. The second-order valence-electron chi connectivity index (χ2n) is 14.4. The van der Waals surface area contributed by atoms with Crippen molar-refractivity contribution in [2.24, 2.45) is 0 Å². The monoisotopic (exact) mass is 730 g/mol. The summed E-state index contributed by atoms with van der Waals surface area (Å²) in [4.78, 5) is 15.1. The molecule has 12 aromatic rings. The van der Waals surface area contributed by atoms with Crippen molar-refractivity contribution in [3.8, 4) is 51.0 Å². The molecular weight excluding hydrogens is 701 g/mol. The summed E-state index contributed by atoms with van der Waals surface area (Å²) in [6.07, 6.45) is 0. The van der Waals surface area contributed by atoms with Crippen LogP contribution in [0, 0.1) is 0 Å². The van der Waals surface area contributed by atoms with Crippen LogP contribution < -0.4 is 0 Å². The molecule has 0 unspecified atom stereocenters. The molecular formula is C51H30N4O2. The van der Waals surface area contributed by atoms with Crippen LogP contribution in [-0.4, -0.2) is 19.5 Å². The Morgan fingerprint density at radius 2 is 0.965 bits per heavy atom. The average Bonchev–Trinajstić information content (AvgIpc) is 3.95. The van der Waals surface area contributed by atoms with Gasteiger partial charge in [-0.25, -0.2) is 15.0 Å². The van der Waals surface area contributed by atoms with E-state index in [0.717, 1.165) is 77.3 Å². The van der Waals surface area contributed by atoms with Crippen molar-refractivity contribution in [2.45, 2.75) is 0 Å². The van der Waals surface area contributed by atoms with Gasteiger partial charge in [0.2, 0.25) is 0 Å².